The summed E-state index contributed by atoms with van der Waals surface area (Å²) in [6.45, 7) is 8.30. The van der Waals surface area contributed by atoms with E-state index in [1.165, 1.54) is 13.1 Å². The average molecular weight is 130 g/mol. The van der Waals surface area contributed by atoms with E-state index in [-0.39, 0.29) is 0 Å². The first kappa shape index (κ1) is 7.03. The number of nitrogens with zero attached hydrogens (tertiary/aromatic N) is 1. The minimum absolute atomic E-state index is 0.345. The highest BCUT2D eigenvalue weighted by molar-refractivity contribution is 4.59. The van der Waals surface area contributed by atoms with Crippen molar-refractivity contribution in [3.05, 3.63) is 0 Å². The van der Waals surface area contributed by atoms with Gasteiger partial charge in [0.25, 0.3) is 0 Å². The van der Waals surface area contributed by atoms with Crippen LogP contribution in [-0.2, 0) is 0 Å². The Balaban J connectivity index is 2.33. The van der Waals surface area contributed by atoms with Crippen LogP contribution in [0.5, 0.6) is 0 Å². The van der Waals surface area contributed by atoms with Gasteiger partial charge in [-0.2, -0.15) is 0 Å². The van der Waals surface area contributed by atoms with Gasteiger partial charge in [-0.05, 0) is 13.8 Å². The van der Waals surface area contributed by atoms with E-state index in [9.17, 15) is 0 Å². The Bertz CT molecular complexity index is 97.1. The van der Waals surface area contributed by atoms with Gasteiger partial charge in [0.2, 0.25) is 0 Å². The Hall–Kier alpha value is -0.0800. The minimum atomic E-state index is 0.345. The maximum atomic E-state index is 8.68. The summed E-state index contributed by atoms with van der Waals surface area (Å²) in [6.07, 6.45) is 0. The maximum absolute atomic E-state index is 8.68. The first-order valence-corrected chi connectivity index (χ1v) is 3.68. The summed E-state index contributed by atoms with van der Waals surface area (Å²) in [7, 11) is 0. The van der Waals surface area contributed by atoms with Crippen LogP contribution in [0.4, 0.5) is 0 Å². The molecule has 0 radical (unpaired) electrons. The fourth-order valence-electron chi connectivity index (χ4n) is 1.33. The van der Waals surface area contributed by atoms with E-state index in [2.05, 4.69) is 13.8 Å². The molecule has 1 N–H and O–H groups in total. The molecule has 54 valence electrons. The fourth-order valence-corrected chi connectivity index (χ4v) is 1.33. The number of hydrogen-bond acceptors (Lipinski definition) is 1. The van der Waals surface area contributed by atoms with Gasteiger partial charge in [-0.25, -0.2) is 0 Å². The summed E-state index contributed by atoms with van der Waals surface area (Å²) in [5.74, 6) is 0. The van der Waals surface area contributed by atoms with Crippen molar-refractivity contribution in [2.75, 3.05) is 26.2 Å². The molecule has 1 fully saturated rings. The van der Waals surface area contributed by atoms with Crippen LogP contribution in [0.3, 0.4) is 0 Å². The van der Waals surface area contributed by atoms with Crippen molar-refractivity contribution in [2.24, 2.45) is 0 Å². The number of aliphatic hydroxyl groups excluding tert-OH is 1. The standard InChI is InChI=1S/C7H16NO/c1-7(2)8(3-4-8)5-6-9/h7,9H,3-6H2,1-2H3/q+1. The highest BCUT2D eigenvalue weighted by Gasteiger charge is 2.43. The van der Waals surface area contributed by atoms with Gasteiger partial charge < -0.3 is 9.59 Å². The Kier molecular flexibility index (Phi) is 1.78. The third-order valence-electron chi connectivity index (χ3n) is 2.44. The molecule has 1 aliphatic heterocycles. The summed E-state index contributed by atoms with van der Waals surface area (Å²) >= 11 is 0. The second kappa shape index (κ2) is 2.27. The van der Waals surface area contributed by atoms with Crippen LogP contribution in [0.2, 0.25) is 0 Å². The molecule has 0 atom stereocenters. The van der Waals surface area contributed by atoms with Crippen molar-refractivity contribution in [2.45, 2.75) is 19.9 Å². The lowest BCUT2D eigenvalue weighted by atomic mass is 10.3. The second-order valence-electron chi connectivity index (χ2n) is 3.21. The summed E-state index contributed by atoms with van der Waals surface area (Å²) in [6, 6.07) is 0.706. The molecule has 0 spiro atoms. The second-order valence-corrected chi connectivity index (χ2v) is 3.21. The first-order chi connectivity index (χ1) is 4.21. The Labute approximate surface area is 56.7 Å². The van der Waals surface area contributed by atoms with Crippen LogP contribution < -0.4 is 0 Å². The van der Waals surface area contributed by atoms with Crippen LogP contribution in [0.1, 0.15) is 13.8 Å². The molecular weight excluding hydrogens is 114 g/mol. The molecule has 1 rings (SSSR count). The van der Waals surface area contributed by atoms with Crippen molar-refractivity contribution >= 4 is 0 Å². The van der Waals surface area contributed by atoms with Crippen molar-refractivity contribution in [1.29, 1.82) is 0 Å². The lowest BCUT2D eigenvalue weighted by Crippen LogP contribution is -2.36. The van der Waals surface area contributed by atoms with Gasteiger partial charge in [0.05, 0.1) is 12.6 Å². The van der Waals surface area contributed by atoms with Crippen LogP contribution in [0.15, 0.2) is 0 Å². The SMILES string of the molecule is CC(C)[N+]1(CCO)CC1. The fraction of sp³-hybridized carbons (Fsp3) is 1.00. The van der Waals surface area contributed by atoms with Crippen molar-refractivity contribution in [3.8, 4) is 0 Å². The molecule has 0 amide bonds. The quantitative estimate of drug-likeness (QED) is 0.428. The highest BCUT2D eigenvalue weighted by atomic mass is 16.3. The molecule has 0 aromatic carbocycles. The van der Waals surface area contributed by atoms with E-state index in [1.807, 2.05) is 0 Å². The van der Waals surface area contributed by atoms with Gasteiger partial charge in [-0.3, -0.25) is 0 Å². The molecule has 1 saturated heterocycles. The lowest BCUT2D eigenvalue weighted by Gasteiger charge is -2.21. The first-order valence-electron chi connectivity index (χ1n) is 3.68. The molecule has 0 bridgehead atoms. The average Bonchev–Trinajstić information content (AvgIpc) is 2.49. The van der Waals surface area contributed by atoms with Gasteiger partial charge in [-0.15, -0.1) is 0 Å². The zero-order chi connectivity index (χ0) is 6.91. The van der Waals surface area contributed by atoms with Crippen LogP contribution in [-0.4, -0.2) is 41.9 Å². The van der Waals surface area contributed by atoms with E-state index >= 15 is 0 Å². The van der Waals surface area contributed by atoms with E-state index in [4.69, 9.17) is 5.11 Å². The topological polar surface area (TPSA) is 20.2 Å². The normalized spacial score (nSPS) is 22.7. The summed E-state index contributed by atoms with van der Waals surface area (Å²) in [5.41, 5.74) is 0. The van der Waals surface area contributed by atoms with Crippen molar-refractivity contribution in [3.63, 3.8) is 0 Å². The van der Waals surface area contributed by atoms with Gasteiger partial charge >= 0.3 is 0 Å². The zero-order valence-electron chi connectivity index (χ0n) is 6.30. The Morgan fingerprint density at radius 2 is 2.00 bits per heavy atom. The molecule has 0 saturated carbocycles. The van der Waals surface area contributed by atoms with Crippen LogP contribution in [0, 0.1) is 0 Å². The van der Waals surface area contributed by atoms with Gasteiger partial charge in [0.15, 0.2) is 0 Å². The van der Waals surface area contributed by atoms with Crippen LogP contribution >= 0.6 is 0 Å². The van der Waals surface area contributed by atoms with Gasteiger partial charge in [-0.1, -0.05) is 0 Å². The molecule has 0 unspecified atom stereocenters. The summed E-state index contributed by atoms with van der Waals surface area (Å²) < 4.78 is 1.15. The third kappa shape index (κ3) is 1.25. The van der Waals surface area contributed by atoms with E-state index in [0.29, 0.717) is 12.6 Å². The molecule has 1 aliphatic rings. The summed E-state index contributed by atoms with van der Waals surface area (Å²) in [5, 5.41) is 8.68. The largest absolute Gasteiger partial charge is 0.391 e. The van der Waals surface area contributed by atoms with Gasteiger partial charge in [0.1, 0.15) is 19.6 Å². The molecule has 2 heteroatoms. The maximum Gasteiger partial charge on any atom is 0.129 e. The summed E-state index contributed by atoms with van der Waals surface area (Å²) in [4.78, 5) is 0. The number of aliphatic hydroxyl groups is 1. The lowest BCUT2D eigenvalue weighted by molar-refractivity contribution is -0.823. The molecule has 0 aromatic rings. The zero-order valence-corrected chi connectivity index (χ0v) is 6.30. The van der Waals surface area contributed by atoms with E-state index in [1.54, 1.807) is 0 Å². The molecule has 0 aliphatic carbocycles. The Morgan fingerprint density at radius 1 is 1.44 bits per heavy atom. The van der Waals surface area contributed by atoms with Crippen LogP contribution in [0.25, 0.3) is 0 Å². The monoisotopic (exact) mass is 130 g/mol. The molecule has 9 heavy (non-hydrogen) atoms. The smallest absolute Gasteiger partial charge is 0.129 e. The number of rotatable bonds is 3. The molecule has 1 heterocycles. The Morgan fingerprint density at radius 3 is 2.11 bits per heavy atom. The molecule has 2 nitrogen and oxygen atoms in total. The third-order valence-corrected chi connectivity index (χ3v) is 2.44. The van der Waals surface area contributed by atoms with Crippen molar-refractivity contribution in [1.82, 2.24) is 0 Å². The van der Waals surface area contributed by atoms with Crippen molar-refractivity contribution < 1.29 is 9.59 Å². The predicted octanol–water partition coefficient (Wildman–Crippen LogP) is 0.218. The van der Waals surface area contributed by atoms with E-state index in [0.717, 1.165) is 11.0 Å². The van der Waals surface area contributed by atoms with E-state index < -0.39 is 0 Å². The highest BCUT2D eigenvalue weighted by Crippen LogP contribution is 2.24. The number of hydrogen-bond donors (Lipinski definition) is 1. The molecular formula is C7H16NO+. The minimum Gasteiger partial charge on any atom is -0.391 e. The predicted molar refractivity (Wildman–Crippen MR) is 37.1 cm³/mol. The number of quaternary nitrogens is 1. The molecule has 0 aromatic heterocycles. The van der Waals surface area contributed by atoms with Gasteiger partial charge in [0, 0.05) is 0 Å².